The Bertz CT molecular complexity index is 1390. The first-order valence-corrected chi connectivity index (χ1v) is 12.7. The first-order valence-electron chi connectivity index (χ1n) is 11.2. The molecule has 1 aliphatic rings. The first-order chi connectivity index (χ1) is 17.4. The second-order valence-corrected chi connectivity index (χ2v) is 9.88. The summed E-state index contributed by atoms with van der Waals surface area (Å²) in [5, 5.41) is 12.5. The third-order valence-electron chi connectivity index (χ3n) is 5.72. The van der Waals surface area contributed by atoms with Gasteiger partial charge in [0.1, 0.15) is 11.5 Å². The number of ether oxygens (including phenoxy) is 1. The van der Waals surface area contributed by atoms with Crippen molar-refractivity contribution in [2.45, 2.75) is 5.92 Å². The molecule has 1 unspecified atom stereocenters. The van der Waals surface area contributed by atoms with Gasteiger partial charge in [0.05, 0.1) is 12.3 Å². The molecule has 0 amide bonds. The number of thiocarbonyl (C=S) groups is 1. The zero-order valence-corrected chi connectivity index (χ0v) is 22.0. The molecule has 1 aliphatic heterocycles. The maximum Gasteiger partial charge on any atom is 0.194 e. The van der Waals surface area contributed by atoms with E-state index in [4.69, 9.17) is 56.9 Å². The minimum atomic E-state index is 0.0262. The van der Waals surface area contributed by atoms with Crippen molar-refractivity contribution in [2.75, 3.05) is 11.9 Å². The van der Waals surface area contributed by atoms with E-state index in [1.54, 1.807) is 12.1 Å². The molecule has 4 nitrogen and oxygen atoms in total. The van der Waals surface area contributed by atoms with Gasteiger partial charge in [-0.05, 0) is 96.1 Å². The summed E-state index contributed by atoms with van der Waals surface area (Å²) in [6.07, 6.45) is 0. The number of nitrogens with zero attached hydrogens (tertiary/aromatic N) is 2. The van der Waals surface area contributed by atoms with E-state index in [1.807, 2.05) is 89.9 Å². The van der Waals surface area contributed by atoms with E-state index in [2.05, 4.69) is 5.32 Å². The van der Waals surface area contributed by atoms with Gasteiger partial charge in [0.2, 0.25) is 0 Å². The molecule has 1 heterocycles. The van der Waals surface area contributed by atoms with E-state index < -0.39 is 0 Å². The summed E-state index contributed by atoms with van der Waals surface area (Å²) >= 11 is 23.9. The van der Waals surface area contributed by atoms with Crippen LogP contribution in [-0.4, -0.2) is 22.4 Å². The van der Waals surface area contributed by atoms with Crippen LogP contribution in [0, 0.1) is 0 Å². The third kappa shape index (κ3) is 5.82. The van der Waals surface area contributed by atoms with Crippen LogP contribution in [0.2, 0.25) is 15.1 Å². The van der Waals surface area contributed by atoms with Crippen LogP contribution in [0.15, 0.2) is 102 Å². The van der Waals surface area contributed by atoms with Gasteiger partial charge in [0, 0.05) is 26.7 Å². The van der Waals surface area contributed by atoms with Crippen molar-refractivity contribution in [3.63, 3.8) is 0 Å². The van der Waals surface area contributed by atoms with E-state index in [9.17, 15) is 0 Å². The lowest BCUT2D eigenvalue weighted by atomic mass is 9.91. The van der Waals surface area contributed by atoms with Crippen LogP contribution in [-0.2, 0) is 0 Å². The number of hydrogen-bond donors (Lipinski definition) is 1. The molecule has 36 heavy (non-hydrogen) atoms. The van der Waals surface area contributed by atoms with Crippen LogP contribution < -0.4 is 10.1 Å². The number of nitrogens with one attached hydrogen (secondary N) is 1. The standard InChI is InChI=1S/C28H20Cl3N3OS/c29-20-5-1-18(2-6-20)26-17-34(33-27(26)19-3-7-21(30)8-4-19)28(36)32-23-11-15-25(16-12-23)35-24-13-9-22(31)10-14-24/h1-16,26H,17H2,(H,32,36). The summed E-state index contributed by atoms with van der Waals surface area (Å²) < 4.78 is 5.87. The molecule has 5 rings (SSSR count). The summed E-state index contributed by atoms with van der Waals surface area (Å²) in [7, 11) is 0. The summed E-state index contributed by atoms with van der Waals surface area (Å²) in [6.45, 7) is 0.600. The first kappa shape index (κ1) is 24.6. The fraction of sp³-hybridized carbons (Fsp3) is 0.0714. The number of anilines is 1. The highest BCUT2D eigenvalue weighted by atomic mass is 35.5. The minimum absolute atomic E-state index is 0.0262. The molecule has 0 saturated carbocycles. The molecule has 0 saturated heterocycles. The topological polar surface area (TPSA) is 36.9 Å². The summed E-state index contributed by atoms with van der Waals surface area (Å²) in [4.78, 5) is 0. The molecule has 0 spiro atoms. The third-order valence-corrected chi connectivity index (χ3v) is 6.78. The normalized spacial score (nSPS) is 14.9. The highest BCUT2D eigenvalue weighted by Gasteiger charge is 2.31. The average Bonchev–Trinajstić information content (AvgIpc) is 3.33. The van der Waals surface area contributed by atoms with E-state index >= 15 is 0 Å². The van der Waals surface area contributed by atoms with Crippen molar-refractivity contribution in [1.82, 2.24) is 5.01 Å². The van der Waals surface area contributed by atoms with Gasteiger partial charge in [0.15, 0.2) is 5.11 Å². The second-order valence-electron chi connectivity index (χ2n) is 8.19. The van der Waals surface area contributed by atoms with Crippen molar-refractivity contribution in [2.24, 2.45) is 5.10 Å². The van der Waals surface area contributed by atoms with Crippen LogP contribution in [0.1, 0.15) is 17.0 Å². The monoisotopic (exact) mass is 551 g/mol. The van der Waals surface area contributed by atoms with E-state index in [-0.39, 0.29) is 5.92 Å². The maximum absolute atomic E-state index is 6.12. The largest absolute Gasteiger partial charge is 0.457 e. The lowest BCUT2D eigenvalue weighted by molar-refractivity contribution is 0.481. The molecule has 1 atom stereocenters. The molecule has 0 fully saturated rings. The van der Waals surface area contributed by atoms with Gasteiger partial charge in [-0.15, -0.1) is 0 Å². The molecular formula is C28H20Cl3N3OS. The number of benzene rings is 4. The van der Waals surface area contributed by atoms with Crippen molar-refractivity contribution >= 4 is 63.5 Å². The van der Waals surface area contributed by atoms with Gasteiger partial charge >= 0.3 is 0 Å². The number of hydrogen-bond acceptors (Lipinski definition) is 3. The fourth-order valence-corrected chi connectivity index (χ4v) is 4.51. The summed E-state index contributed by atoms with van der Waals surface area (Å²) in [5.41, 5.74) is 3.86. The Hall–Kier alpha value is -3.09. The molecule has 1 N–H and O–H groups in total. The lowest BCUT2D eigenvalue weighted by Gasteiger charge is -2.18. The molecule has 0 aliphatic carbocycles. The van der Waals surface area contributed by atoms with Gasteiger partial charge in [-0.1, -0.05) is 59.1 Å². The average molecular weight is 553 g/mol. The van der Waals surface area contributed by atoms with Crippen LogP contribution in [0.5, 0.6) is 11.5 Å². The SMILES string of the molecule is S=C(Nc1ccc(Oc2ccc(Cl)cc2)cc1)N1CC(c2ccc(Cl)cc2)C(c2ccc(Cl)cc2)=N1. The zero-order valence-electron chi connectivity index (χ0n) is 18.9. The molecule has 4 aromatic rings. The van der Waals surface area contributed by atoms with Crippen LogP contribution >= 0.6 is 47.0 Å². The Morgan fingerprint density at radius 2 is 1.25 bits per heavy atom. The quantitative estimate of drug-likeness (QED) is 0.251. The summed E-state index contributed by atoms with van der Waals surface area (Å²) in [5.74, 6) is 1.45. The van der Waals surface area contributed by atoms with Gasteiger partial charge in [-0.25, -0.2) is 5.01 Å². The highest BCUT2D eigenvalue weighted by molar-refractivity contribution is 7.80. The smallest absolute Gasteiger partial charge is 0.194 e. The van der Waals surface area contributed by atoms with Crippen molar-refractivity contribution in [1.29, 1.82) is 0 Å². The number of halogens is 3. The zero-order chi connectivity index (χ0) is 25.1. The molecule has 0 bridgehead atoms. The Morgan fingerprint density at radius 3 is 1.83 bits per heavy atom. The predicted octanol–water partition coefficient (Wildman–Crippen LogP) is 8.64. The van der Waals surface area contributed by atoms with Gasteiger partial charge < -0.3 is 10.1 Å². The molecule has 4 aromatic carbocycles. The van der Waals surface area contributed by atoms with Crippen LogP contribution in [0.25, 0.3) is 0 Å². The minimum Gasteiger partial charge on any atom is -0.457 e. The fourth-order valence-electron chi connectivity index (χ4n) is 3.90. The Kier molecular flexibility index (Phi) is 7.44. The number of hydrazone groups is 1. The second kappa shape index (κ2) is 10.9. The molecule has 180 valence electrons. The van der Waals surface area contributed by atoms with Gasteiger partial charge in [0.25, 0.3) is 0 Å². The van der Waals surface area contributed by atoms with Crippen molar-refractivity contribution in [3.05, 3.63) is 123 Å². The predicted molar refractivity (Wildman–Crippen MR) is 153 cm³/mol. The lowest BCUT2D eigenvalue weighted by Crippen LogP contribution is -2.30. The molecule has 0 aromatic heterocycles. The van der Waals surface area contributed by atoms with Crippen LogP contribution in [0.4, 0.5) is 5.69 Å². The summed E-state index contributed by atoms with van der Waals surface area (Å²) in [6, 6.07) is 30.3. The van der Waals surface area contributed by atoms with Crippen LogP contribution in [0.3, 0.4) is 0 Å². The van der Waals surface area contributed by atoms with E-state index in [0.29, 0.717) is 38.2 Å². The van der Waals surface area contributed by atoms with Crippen molar-refractivity contribution in [3.8, 4) is 11.5 Å². The van der Waals surface area contributed by atoms with Gasteiger partial charge in [-0.3, -0.25) is 0 Å². The molecule has 0 radical (unpaired) electrons. The van der Waals surface area contributed by atoms with Gasteiger partial charge in [-0.2, -0.15) is 5.10 Å². The van der Waals surface area contributed by atoms with Crippen molar-refractivity contribution < 1.29 is 4.74 Å². The van der Waals surface area contributed by atoms with E-state index in [1.165, 1.54) is 0 Å². The number of rotatable bonds is 5. The van der Waals surface area contributed by atoms with E-state index in [0.717, 1.165) is 22.5 Å². The molecule has 8 heteroatoms. The highest BCUT2D eigenvalue weighted by Crippen LogP contribution is 2.31. The Morgan fingerprint density at radius 1 is 0.750 bits per heavy atom. The molecular weight excluding hydrogens is 533 g/mol. The Labute approximate surface area is 230 Å². The maximum atomic E-state index is 6.12. The Balaban J connectivity index is 1.32.